The summed E-state index contributed by atoms with van der Waals surface area (Å²) >= 11 is 3.33. The van der Waals surface area contributed by atoms with Crippen molar-refractivity contribution in [1.82, 2.24) is 0 Å². The second-order valence-electron chi connectivity index (χ2n) is 3.33. The van der Waals surface area contributed by atoms with Crippen molar-refractivity contribution in [3.8, 4) is 5.75 Å². The van der Waals surface area contributed by atoms with E-state index in [1.165, 1.54) is 6.26 Å². The third-order valence-corrected chi connectivity index (χ3v) is 2.62. The molecule has 0 fully saturated rings. The molecule has 1 aromatic heterocycles. The smallest absolute Gasteiger partial charge is 0.372 e. The molecule has 0 saturated heterocycles. The quantitative estimate of drug-likeness (QED) is 0.940. The number of carbonyl (C=O) groups is 1. The van der Waals surface area contributed by atoms with Crippen LogP contribution in [0, 0.1) is 0 Å². The molecule has 0 amide bonds. The average Bonchev–Trinajstić information content (AvgIpc) is 2.74. The minimum atomic E-state index is -1.09. The van der Waals surface area contributed by atoms with Gasteiger partial charge in [0.2, 0.25) is 5.76 Å². The van der Waals surface area contributed by atoms with Crippen LogP contribution in [0.25, 0.3) is 0 Å². The first-order chi connectivity index (χ1) is 8.16. The lowest BCUT2D eigenvalue weighted by atomic mass is 10.2. The molecule has 0 atom stereocenters. The molecular formula is C12H9BrO4. The van der Waals surface area contributed by atoms with Gasteiger partial charge in [0.05, 0.1) is 6.26 Å². The molecule has 0 unspecified atom stereocenters. The first-order valence-electron chi connectivity index (χ1n) is 4.85. The first kappa shape index (κ1) is 11.7. The molecule has 0 spiro atoms. The van der Waals surface area contributed by atoms with E-state index < -0.39 is 5.97 Å². The molecule has 5 heteroatoms. The van der Waals surface area contributed by atoms with E-state index in [9.17, 15) is 4.79 Å². The van der Waals surface area contributed by atoms with Gasteiger partial charge in [-0.25, -0.2) is 4.79 Å². The molecule has 0 radical (unpaired) electrons. The number of carboxylic acid groups (broad SMARTS) is 1. The highest BCUT2D eigenvalue weighted by Crippen LogP contribution is 2.20. The van der Waals surface area contributed by atoms with E-state index in [-0.39, 0.29) is 12.4 Å². The number of ether oxygens (including phenoxy) is 1. The molecule has 2 aromatic rings. The summed E-state index contributed by atoms with van der Waals surface area (Å²) in [7, 11) is 0. The van der Waals surface area contributed by atoms with Crippen LogP contribution in [0.1, 0.15) is 16.1 Å². The van der Waals surface area contributed by atoms with Crippen molar-refractivity contribution in [1.29, 1.82) is 0 Å². The lowest BCUT2D eigenvalue weighted by Crippen LogP contribution is -2.02. The molecule has 1 heterocycles. The third kappa shape index (κ3) is 2.88. The number of halogens is 1. The topological polar surface area (TPSA) is 59.7 Å². The Balaban J connectivity index is 2.07. The molecule has 0 aliphatic carbocycles. The molecule has 0 aliphatic heterocycles. The van der Waals surface area contributed by atoms with Gasteiger partial charge in [-0.2, -0.15) is 0 Å². The number of carboxylic acids is 1. The number of benzene rings is 1. The maximum absolute atomic E-state index is 10.8. The molecule has 4 nitrogen and oxygen atoms in total. The van der Waals surface area contributed by atoms with Gasteiger partial charge >= 0.3 is 5.97 Å². The number of furan rings is 1. The van der Waals surface area contributed by atoms with Crippen molar-refractivity contribution in [3.63, 3.8) is 0 Å². The van der Waals surface area contributed by atoms with Gasteiger partial charge in [0.1, 0.15) is 12.4 Å². The van der Waals surface area contributed by atoms with E-state index in [0.717, 1.165) is 4.47 Å². The van der Waals surface area contributed by atoms with Crippen LogP contribution in [0.2, 0.25) is 0 Å². The van der Waals surface area contributed by atoms with E-state index in [4.69, 9.17) is 14.3 Å². The summed E-state index contributed by atoms with van der Waals surface area (Å²) in [6, 6.07) is 8.91. The summed E-state index contributed by atoms with van der Waals surface area (Å²) in [5.74, 6) is -0.514. The average molecular weight is 297 g/mol. The predicted octanol–water partition coefficient (Wildman–Crippen LogP) is 3.32. The fourth-order valence-electron chi connectivity index (χ4n) is 1.35. The van der Waals surface area contributed by atoms with Crippen molar-refractivity contribution in [2.75, 3.05) is 0 Å². The number of hydrogen-bond acceptors (Lipinski definition) is 3. The second kappa shape index (κ2) is 5.05. The van der Waals surface area contributed by atoms with Crippen LogP contribution in [0.15, 0.2) is 45.5 Å². The zero-order valence-electron chi connectivity index (χ0n) is 8.72. The standard InChI is InChI=1S/C12H9BrO4/c13-9-2-1-3-10(6-9)17-7-8-4-5-16-11(8)12(14)15/h1-6H,7H2,(H,14,15). The summed E-state index contributed by atoms with van der Waals surface area (Å²) in [5, 5.41) is 8.84. The Bertz CT molecular complexity index is 533. The van der Waals surface area contributed by atoms with Gasteiger partial charge in [0.15, 0.2) is 0 Å². The van der Waals surface area contributed by atoms with E-state index in [0.29, 0.717) is 11.3 Å². The van der Waals surface area contributed by atoms with Crippen LogP contribution in [0.5, 0.6) is 5.75 Å². The molecule has 2 rings (SSSR count). The highest BCUT2D eigenvalue weighted by molar-refractivity contribution is 9.10. The van der Waals surface area contributed by atoms with Gasteiger partial charge in [0.25, 0.3) is 0 Å². The summed E-state index contributed by atoms with van der Waals surface area (Å²) < 4.78 is 11.2. The van der Waals surface area contributed by atoms with E-state index in [1.54, 1.807) is 18.2 Å². The Labute approximate surface area is 106 Å². The highest BCUT2D eigenvalue weighted by Gasteiger charge is 2.14. The fraction of sp³-hybridized carbons (Fsp3) is 0.0833. The molecule has 0 aliphatic rings. The fourth-order valence-corrected chi connectivity index (χ4v) is 1.73. The summed E-state index contributed by atoms with van der Waals surface area (Å²) in [6.45, 7) is 0.161. The van der Waals surface area contributed by atoms with Gasteiger partial charge in [-0.3, -0.25) is 0 Å². The van der Waals surface area contributed by atoms with E-state index >= 15 is 0 Å². The van der Waals surface area contributed by atoms with Gasteiger partial charge in [-0.05, 0) is 24.3 Å². The highest BCUT2D eigenvalue weighted by atomic mass is 79.9. The van der Waals surface area contributed by atoms with Crippen LogP contribution in [0.4, 0.5) is 0 Å². The summed E-state index contributed by atoms with van der Waals surface area (Å²) in [6.07, 6.45) is 1.34. The van der Waals surface area contributed by atoms with Crippen molar-refractivity contribution < 1.29 is 19.1 Å². The minimum Gasteiger partial charge on any atom is -0.489 e. The Morgan fingerprint density at radius 2 is 2.24 bits per heavy atom. The van der Waals surface area contributed by atoms with Gasteiger partial charge in [0, 0.05) is 10.0 Å². The zero-order chi connectivity index (χ0) is 12.3. The van der Waals surface area contributed by atoms with Gasteiger partial charge in [-0.15, -0.1) is 0 Å². The molecule has 88 valence electrons. The normalized spacial score (nSPS) is 10.2. The van der Waals surface area contributed by atoms with Crippen LogP contribution in [-0.2, 0) is 6.61 Å². The van der Waals surface area contributed by atoms with E-state index in [1.807, 2.05) is 12.1 Å². The SMILES string of the molecule is O=C(O)c1occc1COc1cccc(Br)c1. The third-order valence-electron chi connectivity index (χ3n) is 2.13. The van der Waals surface area contributed by atoms with E-state index in [2.05, 4.69) is 15.9 Å². The number of aromatic carboxylic acids is 1. The monoisotopic (exact) mass is 296 g/mol. The molecular weight excluding hydrogens is 288 g/mol. The van der Waals surface area contributed by atoms with Crippen LogP contribution in [0.3, 0.4) is 0 Å². The zero-order valence-corrected chi connectivity index (χ0v) is 10.3. The predicted molar refractivity (Wildman–Crippen MR) is 64.1 cm³/mol. The van der Waals surface area contributed by atoms with Crippen LogP contribution in [-0.4, -0.2) is 11.1 Å². The number of hydrogen-bond donors (Lipinski definition) is 1. The largest absolute Gasteiger partial charge is 0.489 e. The molecule has 0 bridgehead atoms. The summed E-state index contributed by atoms with van der Waals surface area (Å²) in [5.41, 5.74) is 0.512. The van der Waals surface area contributed by atoms with Crippen LogP contribution < -0.4 is 4.74 Å². The Hall–Kier alpha value is -1.75. The maximum atomic E-state index is 10.8. The molecule has 1 aromatic carbocycles. The summed E-state index contributed by atoms with van der Waals surface area (Å²) in [4.78, 5) is 10.8. The maximum Gasteiger partial charge on any atom is 0.372 e. The van der Waals surface area contributed by atoms with Crippen molar-refractivity contribution in [3.05, 3.63) is 52.4 Å². The second-order valence-corrected chi connectivity index (χ2v) is 4.24. The first-order valence-corrected chi connectivity index (χ1v) is 5.64. The molecule has 17 heavy (non-hydrogen) atoms. The lowest BCUT2D eigenvalue weighted by molar-refractivity contribution is 0.0658. The van der Waals surface area contributed by atoms with Crippen LogP contribution >= 0.6 is 15.9 Å². The van der Waals surface area contributed by atoms with Gasteiger partial charge < -0.3 is 14.3 Å². The Morgan fingerprint density at radius 3 is 2.94 bits per heavy atom. The minimum absolute atomic E-state index is 0.0833. The van der Waals surface area contributed by atoms with Crippen molar-refractivity contribution in [2.45, 2.75) is 6.61 Å². The molecule has 0 saturated carbocycles. The molecule has 1 N–H and O–H groups in total. The number of rotatable bonds is 4. The Morgan fingerprint density at radius 1 is 1.41 bits per heavy atom. The van der Waals surface area contributed by atoms with Crippen molar-refractivity contribution in [2.24, 2.45) is 0 Å². The van der Waals surface area contributed by atoms with Crippen molar-refractivity contribution >= 4 is 21.9 Å². The lowest BCUT2D eigenvalue weighted by Gasteiger charge is -2.05. The Kier molecular flexibility index (Phi) is 3.49. The van der Waals surface area contributed by atoms with Gasteiger partial charge in [-0.1, -0.05) is 22.0 Å².